The Labute approximate surface area is 135 Å². The van der Waals surface area contributed by atoms with E-state index in [0.29, 0.717) is 12.1 Å². The van der Waals surface area contributed by atoms with E-state index in [9.17, 15) is 4.79 Å². The van der Waals surface area contributed by atoms with Crippen molar-refractivity contribution >= 4 is 18.3 Å². The predicted octanol–water partition coefficient (Wildman–Crippen LogP) is 2.75. The van der Waals surface area contributed by atoms with Crippen LogP contribution in [0, 0.1) is 0 Å². The molecule has 21 heavy (non-hydrogen) atoms. The van der Waals surface area contributed by atoms with Crippen molar-refractivity contribution in [1.82, 2.24) is 10.2 Å². The number of piperidine rings is 1. The molecule has 1 amide bonds. The summed E-state index contributed by atoms with van der Waals surface area (Å²) in [7, 11) is 2.00. The van der Waals surface area contributed by atoms with Crippen LogP contribution in [-0.2, 0) is 9.53 Å². The Bertz CT molecular complexity index is 301. The third-order valence-electron chi connectivity index (χ3n) is 4.77. The highest BCUT2D eigenvalue weighted by Crippen LogP contribution is 2.23. The molecule has 0 bridgehead atoms. The highest BCUT2D eigenvalue weighted by atomic mass is 35.5. The fraction of sp³-hybridized carbons (Fsp3) is 0.938. The average molecular weight is 319 g/mol. The molecule has 1 aliphatic heterocycles. The third-order valence-corrected chi connectivity index (χ3v) is 4.77. The lowest BCUT2D eigenvalue weighted by molar-refractivity contribution is -0.150. The molecule has 2 aliphatic rings. The van der Waals surface area contributed by atoms with E-state index in [-0.39, 0.29) is 24.4 Å². The Balaban J connectivity index is 0.00000220. The van der Waals surface area contributed by atoms with Crippen LogP contribution in [0.1, 0.15) is 58.3 Å². The van der Waals surface area contributed by atoms with Gasteiger partial charge in [0, 0.05) is 19.1 Å². The molecule has 0 aromatic carbocycles. The van der Waals surface area contributed by atoms with Gasteiger partial charge in [0.1, 0.15) is 6.10 Å². The summed E-state index contributed by atoms with van der Waals surface area (Å²) in [5.74, 6) is 0.215. The fourth-order valence-electron chi connectivity index (χ4n) is 3.35. The molecule has 1 N–H and O–H groups in total. The normalized spacial score (nSPS) is 22.7. The Kier molecular flexibility index (Phi) is 8.60. The molecule has 0 aromatic heterocycles. The molecule has 1 heterocycles. The Morgan fingerprint density at radius 2 is 1.81 bits per heavy atom. The van der Waals surface area contributed by atoms with Crippen LogP contribution >= 0.6 is 12.4 Å². The molecule has 124 valence electrons. The molecular formula is C16H31ClN2O2. The van der Waals surface area contributed by atoms with Gasteiger partial charge in [-0.05, 0) is 39.2 Å². The maximum Gasteiger partial charge on any atom is 0.251 e. The van der Waals surface area contributed by atoms with Crippen LogP contribution < -0.4 is 5.32 Å². The topological polar surface area (TPSA) is 41.6 Å². The first kappa shape index (κ1) is 18.7. The molecule has 1 saturated heterocycles. The first-order valence-electron chi connectivity index (χ1n) is 8.36. The van der Waals surface area contributed by atoms with E-state index in [0.717, 1.165) is 45.2 Å². The summed E-state index contributed by atoms with van der Waals surface area (Å²) in [4.78, 5) is 14.6. The summed E-state index contributed by atoms with van der Waals surface area (Å²) in [6.07, 6.45) is 9.09. The molecule has 1 saturated carbocycles. The van der Waals surface area contributed by atoms with Crippen molar-refractivity contribution in [2.45, 2.75) is 76.5 Å². The van der Waals surface area contributed by atoms with Crippen molar-refractivity contribution in [2.24, 2.45) is 0 Å². The van der Waals surface area contributed by atoms with Crippen molar-refractivity contribution < 1.29 is 9.53 Å². The summed E-state index contributed by atoms with van der Waals surface area (Å²) >= 11 is 0. The number of carbonyl (C=O) groups excluding carboxylic acids is 1. The second kappa shape index (κ2) is 9.65. The standard InChI is InChI=1S/C16H30N2O2.ClH/c1-3-15(20-14-7-5-4-6-8-14)16(19)18-11-9-13(17-2)10-12-18;/h13-15,17H,3-12H2,1-2H3;1H. The molecule has 0 radical (unpaired) electrons. The van der Waals surface area contributed by atoms with Crippen LogP contribution in [0.3, 0.4) is 0 Å². The lowest BCUT2D eigenvalue weighted by Gasteiger charge is -2.35. The van der Waals surface area contributed by atoms with Crippen molar-refractivity contribution in [1.29, 1.82) is 0 Å². The lowest BCUT2D eigenvalue weighted by Crippen LogP contribution is -2.48. The lowest BCUT2D eigenvalue weighted by atomic mass is 9.97. The van der Waals surface area contributed by atoms with Gasteiger partial charge in [-0.25, -0.2) is 0 Å². The predicted molar refractivity (Wildman–Crippen MR) is 87.9 cm³/mol. The van der Waals surface area contributed by atoms with Crippen LogP contribution in [0.25, 0.3) is 0 Å². The van der Waals surface area contributed by atoms with E-state index in [4.69, 9.17) is 4.74 Å². The summed E-state index contributed by atoms with van der Waals surface area (Å²) in [5.41, 5.74) is 0. The monoisotopic (exact) mass is 318 g/mol. The molecule has 0 aromatic rings. The molecular weight excluding hydrogens is 288 g/mol. The van der Waals surface area contributed by atoms with Crippen molar-refractivity contribution in [2.75, 3.05) is 20.1 Å². The number of hydrogen-bond donors (Lipinski definition) is 1. The minimum atomic E-state index is -0.218. The largest absolute Gasteiger partial charge is 0.365 e. The molecule has 1 aliphatic carbocycles. The number of ether oxygens (including phenoxy) is 1. The van der Waals surface area contributed by atoms with Gasteiger partial charge in [-0.1, -0.05) is 26.2 Å². The van der Waals surface area contributed by atoms with Crippen LogP contribution in [0.5, 0.6) is 0 Å². The molecule has 0 spiro atoms. The van der Waals surface area contributed by atoms with Crippen LogP contribution in [0.4, 0.5) is 0 Å². The molecule has 1 atom stereocenters. The Morgan fingerprint density at radius 3 is 2.33 bits per heavy atom. The molecule has 2 fully saturated rings. The van der Waals surface area contributed by atoms with Crippen molar-refractivity contribution in [3.8, 4) is 0 Å². The smallest absolute Gasteiger partial charge is 0.251 e. The van der Waals surface area contributed by atoms with E-state index < -0.39 is 0 Å². The van der Waals surface area contributed by atoms with E-state index in [1.165, 1.54) is 19.3 Å². The first-order valence-corrected chi connectivity index (χ1v) is 8.36. The van der Waals surface area contributed by atoms with Gasteiger partial charge in [0.05, 0.1) is 6.10 Å². The van der Waals surface area contributed by atoms with Gasteiger partial charge in [-0.3, -0.25) is 4.79 Å². The van der Waals surface area contributed by atoms with Gasteiger partial charge in [0.25, 0.3) is 5.91 Å². The quantitative estimate of drug-likeness (QED) is 0.847. The third kappa shape index (κ3) is 5.42. The average Bonchev–Trinajstić information content (AvgIpc) is 2.53. The SMILES string of the molecule is CCC(OC1CCCCC1)C(=O)N1CCC(NC)CC1.Cl. The van der Waals surface area contributed by atoms with Gasteiger partial charge in [0.15, 0.2) is 0 Å². The highest BCUT2D eigenvalue weighted by molar-refractivity contribution is 5.85. The zero-order valence-corrected chi connectivity index (χ0v) is 14.3. The minimum Gasteiger partial charge on any atom is -0.365 e. The summed E-state index contributed by atoms with van der Waals surface area (Å²) < 4.78 is 6.10. The molecule has 2 rings (SSSR count). The minimum absolute atomic E-state index is 0. The zero-order chi connectivity index (χ0) is 14.4. The van der Waals surface area contributed by atoms with Crippen molar-refractivity contribution in [3.63, 3.8) is 0 Å². The van der Waals surface area contributed by atoms with Gasteiger partial charge in [0.2, 0.25) is 0 Å². The number of carbonyl (C=O) groups is 1. The van der Waals surface area contributed by atoms with Crippen LogP contribution in [-0.4, -0.2) is 49.2 Å². The van der Waals surface area contributed by atoms with Gasteiger partial charge >= 0.3 is 0 Å². The summed E-state index contributed by atoms with van der Waals surface area (Å²) in [6, 6.07) is 0.568. The Hall–Kier alpha value is -0.320. The fourth-order valence-corrected chi connectivity index (χ4v) is 3.35. The van der Waals surface area contributed by atoms with E-state index in [1.54, 1.807) is 0 Å². The highest BCUT2D eigenvalue weighted by Gasteiger charge is 2.29. The molecule has 5 heteroatoms. The maximum absolute atomic E-state index is 12.6. The first-order chi connectivity index (χ1) is 9.74. The second-order valence-corrected chi connectivity index (χ2v) is 6.18. The van der Waals surface area contributed by atoms with E-state index in [1.807, 2.05) is 11.9 Å². The number of rotatable bonds is 5. The number of hydrogen-bond acceptors (Lipinski definition) is 3. The van der Waals surface area contributed by atoms with Crippen molar-refractivity contribution in [3.05, 3.63) is 0 Å². The number of likely N-dealkylation sites (tertiary alicyclic amines) is 1. The summed E-state index contributed by atoms with van der Waals surface area (Å²) in [6.45, 7) is 3.80. The number of halogens is 1. The van der Waals surface area contributed by atoms with Gasteiger partial charge < -0.3 is 15.0 Å². The molecule has 1 unspecified atom stereocenters. The van der Waals surface area contributed by atoms with Gasteiger partial charge in [-0.2, -0.15) is 0 Å². The second-order valence-electron chi connectivity index (χ2n) is 6.18. The molecule has 4 nitrogen and oxygen atoms in total. The van der Waals surface area contributed by atoms with Crippen LogP contribution in [0.15, 0.2) is 0 Å². The number of nitrogens with one attached hydrogen (secondary N) is 1. The number of amides is 1. The summed E-state index contributed by atoms with van der Waals surface area (Å²) in [5, 5.41) is 3.30. The van der Waals surface area contributed by atoms with Crippen LogP contribution in [0.2, 0.25) is 0 Å². The zero-order valence-electron chi connectivity index (χ0n) is 13.5. The van der Waals surface area contributed by atoms with E-state index >= 15 is 0 Å². The number of nitrogens with zero attached hydrogens (tertiary/aromatic N) is 1. The Morgan fingerprint density at radius 1 is 1.19 bits per heavy atom. The van der Waals surface area contributed by atoms with Gasteiger partial charge in [-0.15, -0.1) is 12.4 Å². The van der Waals surface area contributed by atoms with E-state index in [2.05, 4.69) is 12.2 Å². The maximum atomic E-state index is 12.6.